The molecule has 0 aliphatic rings. The molecule has 0 aromatic heterocycles. The van der Waals surface area contributed by atoms with Gasteiger partial charge in [0.25, 0.3) is 0 Å². The van der Waals surface area contributed by atoms with Gasteiger partial charge in [-0.25, -0.2) is 0 Å². The Labute approximate surface area is 125 Å². The monoisotopic (exact) mass is 281 g/mol. The molecular formula is C18H19NO2. The first-order valence-corrected chi connectivity index (χ1v) is 6.84. The molecule has 0 amide bonds. The third-order valence-electron chi connectivity index (χ3n) is 3.21. The van der Waals surface area contributed by atoms with Gasteiger partial charge < -0.3 is 10.5 Å². The number of ether oxygens (including phenoxy) is 1. The lowest BCUT2D eigenvalue weighted by molar-refractivity contribution is -0.142. The number of benzene rings is 2. The summed E-state index contributed by atoms with van der Waals surface area (Å²) in [7, 11) is 1.35. The molecule has 0 heterocycles. The second-order valence-corrected chi connectivity index (χ2v) is 4.82. The number of esters is 1. The van der Waals surface area contributed by atoms with Crippen molar-refractivity contribution in [3.05, 3.63) is 71.3 Å². The van der Waals surface area contributed by atoms with Crippen LogP contribution >= 0.6 is 0 Å². The standard InChI is InChI=1S/C18H19NO2/c1-21-18(20)17(19)13-16-11-9-15(10-12-16)8-7-14-5-3-2-4-6-14/h2-12,17H,13,19H2,1H3/b8-7+/t17-/m0/s1. The third kappa shape index (κ3) is 4.58. The fraction of sp³-hybridized carbons (Fsp3) is 0.167. The van der Waals surface area contributed by atoms with Gasteiger partial charge in [0.15, 0.2) is 0 Å². The second kappa shape index (κ2) is 7.41. The second-order valence-electron chi connectivity index (χ2n) is 4.82. The molecule has 2 N–H and O–H groups in total. The van der Waals surface area contributed by atoms with Gasteiger partial charge in [0, 0.05) is 0 Å². The van der Waals surface area contributed by atoms with Gasteiger partial charge >= 0.3 is 5.97 Å². The molecule has 108 valence electrons. The van der Waals surface area contributed by atoms with E-state index >= 15 is 0 Å². The van der Waals surface area contributed by atoms with E-state index in [9.17, 15) is 4.79 Å². The van der Waals surface area contributed by atoms with Crippen molar-refractivity contribution < 1.29 is 9.53 Å². The van der Waals surface area contributed by atoms with Gasteiger partial charge in [-0.2, -0.15) is 0 Å². The van der Waals surface area contributed by atoms with Crippen molar-refractivity contribution in [2.45, 2.75) is 12.5 Å². The van der Waals surface area contributed by atoms with E-state index in [1.165, 1.54) is 7.11 Å². The Morgan fingerprint density at radius 3 is 2.19 bits per heavy atom. The molecule has 0 saturated carbocycles. The van der Waals surface area contributed by atoms with E-state index in [0.717, 1.165) is 16.7 Å². The SMILES string of the molecule is COC(=O)[C@@H](N)Cc1ccc(/C=C/c2ccccc2)cc1. The molecule has 1 atom stereocenters. The van der Waals surface area contributed by atoms with Crippen molar-refractivity contribution >= 4 is 18.1 Å². The first-order chi connectivity index (χ1) is 10.2. The molecule has 0 bridgehead atoms. The molecule has 0 aliphatic heterocycles. The van der Waals surface area contributed by atoms with Crippen molar-refractivity contribution in [1.29, 1.82) is 0 Å². The number of nitrogens with two attached hydrogens (primary N) is 1. The molecule has 0 radical (unpaired) electrons. The van der Waals surface area contributed by atoms with E-state index in [0.29, 0.717) is 6.42 Å². The lowest BCUT2D eigenvalue weighted by atomic mass is 10.0. The van der Waals surface area contributed by atoms with Crippen molar-refractivity contribution in [3.8, 4) is 0 Å². The summed E-state index contributed by atoms with van der Waals surface area (Å²) >= 11 is 0. The minimum Gasteiger partial charge on any atom is -0.468 e. The lowest BCUT2D eigenvalue weighted by Crippen LogP contribution is -2.33. The highest BCUT2D eigenvalue weighted by Crippen LogP contribution is 2.11. The smallest absolute Gasteiger partial charge is 0.322 e. The van der Waals surface area contributed by atoms with Crippen LogP contribution in [0.5, 0.6) is 0 Å². The number of hydrogen-bond acceptors (Lipinski definition) is 3. The van der Waals surface area contributed by atoms with E-state index in [4.69, 9.17) is 5.73 Å². The summed E-state index contributed by atoms with van der Waals surface area (Å²) in [6.45, 7) is 0. The number of rotatable bonds is 5. The Morgan fingerprint density at radius 1 is 1.05 bits per heavy atom. The van der Waals surface area contributed by atoms with Crippen molar-refractivity contribution in [1.82, 2.24) is 0 Å². The predicted molar refractivity (Wildman–Crippen MR) is 85.5 cm³/mol. The molecule has 2 aromatic rings. The van der Waals surface area contributed by atoms with Gasteiger partial charge in [0.05, 0.1) is 7.11 Å². The maximum Gasteiger partial charge on any atom is 0.322 e. The summed E-state index contributed by atoms with van der Waals surface area (Å²) in [6, 6.07) is 17.5. The highest BCUT2D eigenvalue weighted by Gasteiger charge is 2.13. The maximum absolute atomic E-state index is 11.3. The third-order valence-corrected chi connectivity index (χ3v) is 3.21. The molecule has 0 aliphatic carbocycles. The Balaban J connectivity index is 1.99. The molecule has 3 nitrogen and oxygen atoms in total. The molecular weight excluding hydrogens is 262 g/mol. The molecule has 21 heavy (non-hydrogen) atoms. The number of methoxy groups -OCH3 is 1. The van der Waals surface area contributed by atoms with Gasteiger partial charge in [-0.3, -0.25) is 4.79 Å². The number of carbonyl (C=O) groups is 1. The molecule has 0 unspecified atom stereocenters. The Hall–Kier alpha value is -2.39. The summed E-state index contributed by atoms with van der Waals surface area (Å²) < 4.78 is 4.62. The zero-order chi connectivity index (χ0) is 15.1. The van der Waals surface area contributed by atoms with Gasteiger partial charge in [0.1, 0.15) is 6.04 Å². The quantitative estimate of drug-likeness (QED) is 0.677. The molecule has 0 spiro atoms. The molecule has 3 heteroatoms. The van der Waals surface area contributed by atoms with E-state index in [1.807, 2.05) is 42.5 Å². The highest BCUT2D eigenvalue weighted by molar-refractivity contribution is 5.75. The van der Waals surface area contributed by atoms with Crippen LogP contribution in [0, 0.1) is 0 Å². The van der Waals surface area contributed by atoms with Gasteiger partial charge in [-0.1, -0.05) is 66.7 Å². The summed E-state index contributed by atoms with van der Waals surface area (Å²) in [6.07, 6.45) is 4.60. The normalized spacial score (nSPS) is 12.3. The molecule has 0 fully saturated rings. The summed E-state index contributed by atoms with van der Waals surface area (Å²) in [4.78, 5) is 11.3. The minimum atomic E-state index is -0.610. The summed E-state index contributed by atoms with van der Waals surface area (Å²) in [5.74, 6) is -0.386. The predicted octanol–water partition coefficient (Wildman–Crippen LogP) is 2.90. The minimum absolute atomic E-state index is 0.386. The van der Waals surface area contributed by atoms with E-state index in [-0.39, 0.29) is 5.97 Å². The van der Waals surface area contributed by atoms with Crippen LogP contribution < -0.4 is 5.73 Å². The van der Waals surface area contributed by atoms with Crippen molar-refractivity contribution in [3.63, 3.8) is 0 Å². The maximum atomic E-state index is 11.3. The van der Waals surface area contributed by atoms with E-state index < -0.39 is 6.04 Å². The lowest BCUT2D eigenvalue weighted by Gasteiger charge is -2.09. The van der Waals surface area contributed by atoms with Crippen molar-refractivity contribution in [2.75, 3.05) is 7.11 Å². The van der Waals surface area contributed by atoms with E-state index in [2.05, 4.69) is 29.0 Å². The fourth-order valence-electron chi connectivity index (χ4n) is 2.01. The van der Waals surface area contributed by atoms with Crippen LogP contribution in [0.15, 0.2) is 54.6 Å². The largest absolute Gasteiger partial charge is 0.468 e. The number of carbonyl (C=O) groups excluding carboxylic acids is 1. The molecule has 2 rings (SSSR count). The zero-order valence-corrected chi connectivity index (χ0v) is 12.0. The topological polar surface area (TPSA) is 52.3 Å². The van der Waals surface area contributed by atoms with Gasteiger partial charge in [-0.15, -0.1) is 0 Å². The zero-order valence-electron chi connectivity index (χ0n) is 12.0. The average molecular weight is 281 g/mol. The first-order valence-electron chi connectivity index (χ1n) is 6.84. The van der Waals surface area contributed by atoms with E-state index in [1.54, 1.807) is 0 Å². The molecule has 0 saturated heterocycles. The molecule has 2 aromatic carbocycles. The summed E-state index contributed by atoms with van der Waals surface area (Å²) in [5, 5.41) is 0. The van der Waals surface area contributed by atoms with Gasteiger partial charge in [0.2, 0.25) is 0 Å². The average Bonchev–Trinajstić information content (AvgIpc) is 2.54. The van der Waals surface area contributed by atoms with Gasteiger partial charge in [-0.05, 0) is 23.1 Å². The fourth-order valence-corrected chi connectivity index (χ4v) is 2.01. The van der Waals surface area contributed by atoms with Crippen LogP contribution in [0.3, 0.4) is 0 Å². The Kier molecular flexibility index (Phi) is 5.29. The first kappa shape index (κ1) is 15.0. The highest BCUT2D eigenvalue weighted by atomic mass is 16.5. The van der Waals surface area contributed by atoms with Crippen LogP contribution in [-0.2, 0) is 16.0 Å². The summed E-state index contributed by atoms with van der Waals surface area (Å²) in [5.41, 5.74) is 9.03. The van der Waals surface area contributed by atoms with Crippen molar-refractivity contribution in [2.24, 2.45) is 5.73 Å². The van der Waals surface area contributed by atoms with Crippen LogP contribution in [0.1, 0.15) is 16.7 Å². The Morgan fingerprint density at radius 2 is 1.62 bits per heavy atom. The number of hydrogen-bond donors (Lipinski definition) is 1. The van der Waals surface area contributed by atoms with Crippen LogP contribution in [0.2, 0.25) is 0 Å². The Bertz CT molecular complexity index is 603. The van der Waals surface area contributed by atoms with Crippen LogP contribution in [-0.4, -0.2) is 19.1 Å². The van der Waals surface area contributed by atoms with Crippen LogP contribution in [0.25, 0.3) is 12.2 Å². The van der Waals surface area contributed by atoms with Crippen LogP contribution in [0.4, 0.5) is 0 Å².